The molecular formula is C12H17N3O. The van der Waals surface area contributed by atoms with Gasteiger partial charge in [0.05, 0.1) is 18.3 Å². The number of rotatable bonds is 2. The third-order valence-electron chi connectivity index (χ3n) is 2.89. The number of para-hydroxylation sites is 2. The van der Waals surface area contributed by atoms with E-state index in [1.807, 2.05) is 31.2 Å². The van der Waals surface area contributed by atoms with Crippen molar-refractivity contribution < 1.29 is 4.74 Å². The van der Waals surface area contributed by atoms with E-state index in [2.05, 4.69) is 4.90 Å². The summed E-state index contributed by atoms with van der Waals surface area (Å²) in [6, 6.07) is 7.83. The molecule has 16 heavy (non-hydrogen) atoms. The third kappa shape index (κ3) is 1.96. The van der Waals surface area contributed by atoms with E-state index in [1.165, 1.54) is 0 Å². The second-order valence-corrected chi connectivity index (χ2v) is 3.99. The van der Waals surface area contributed by atoms with Gasteiger partial charge in [-0.1, -0.05) is 12.1 Å². The Labute approximate surface area is 95.5 Å². The van der Waals surface area contributed by atoms with Crippen LogP contribution in [-0.4, -0.2) is 25.0 Å². The Kier molecular flexibility index (Phi) is 2.99. The minimum atomic E-state index is -0.0807. The van der Waals surface area contributed by atoms with Gasteiger partial charge in [0, 0.05) is 6.54 Å². The van der Waals surface area contributed by atoms with E-state index in [4.69, 9.17) is 15.9 Å². The standard InChI is InChI=1S/C12H17N3O/c1-9(12(13)14)15-7-4-8-16-11-6-3-2-5-10(11)15/h2-3,5-6,9H,4,7-8H2,1H3,(H3,13,14). The van der Waals surface area contributed by atoms with E-state index in [-0.39, 0.29) is 11.9 Å². The lowest BCUT2D eigenvalue weighted by molar-refractivity contribution is 0.322. The van der Waals surface area contributed by atoms with Crippen molar-refractivity contribution in [1.82, 2.24) is 0 Å². The van der Waals surface area contributed by atoms with Gasteiger partial charge in [0.2, 0.25) is 0 Å². The molecule has 0 saturated heterocycles. The van der Waals surface area contributed by atoms with Crippen LogP contribution >= 0.6 is 0 Å². The average molecular weight is 219 g/mol. The topological polar surface area (TPSA) is 62.3 Å². The molecule has 0 fully saturated rings. The van der Waals surface area contributed by atoms with Crippen LogP contribution in [0.4, 0.5) is 5.69 Å². The van der Waals surface area contributed by atoms with Crippen molar-refractivity contribution in [2.75, 3.05) is 18.1 Å². The lowest BCUT2D eigenvalue weighted by Gasteiger charge is -2.29. The molecule has 0 bridgehead atoms. The zero-order valence-electron chi connectivity index (χ0n) is 9.44. The highest BCUT2D eigenvalue weighted by atomic mass is 16.5. The van der Waals surface area contributed by atoms with Crippen LogP contribution in [0.15, 0.2) is 24.3 Å². The predicted molar refractivity (Wildman–Crippen MR) is 65.3 cm³/mol. The Balaban J connectivity index is 2.36. The summed E-state index contributed by atoms with van der Waals surface area (Å²) in [5, 5.41) is 7.54. The first kappa shape index (κ1) is 10.8. The summed E-state index contributed by atoms with van der Waals surface area (Å²) in [5.41, 5.74) is 6.61. The molecule has 0 radical (unpaired) electrons. The van der Waals surface area contributed by atoms with Gasteiger partial charge in [-0.25, -0.2) is 0 Å². The third-order valence-corrected chi connectivity index (χ3v) is 2.89. The normalized spacial score (nSPS) is 16.9. The second-order valence-electron chi connectivity index (χ2n) is 3.99. The van der Waals surface area contributed by atoms with Gasteiger partial charge in [-0.05, 0) is 25.5 Å². The molecule has 1 heterocycles. The minimum Gasteiger partial charge on any atom is -0.491 e. The minimum absolute atomic E-state index is 0.0807. The predicted octanol–water partition coefficient (Wildman–Crippen LogP) is 1.60. The fourth-order valence-electron chi connectivity index (χ4n) is 1.92. The summed E-state index contributed by atoms with van der Waals surface area (Å²) in [6.45, 7) is 3.54. The van der Waals surface area contributed by atoms with Gasteiger partial charge < -0.3 is 15.4 Å². The number of nitrogens with zero attached hydrogens (tertiary/aromatic N) is 1. The lowest BCUT2D eigenvalue weighted by Crippen LogP contribution is -2.42. The van der Waals surface area contributed by atoms with Gasteiger partial charge >= 0.3 is 0 Å². The number of amidine groups is 1. The molecule has 4 nitrogen and oxygen atoms in total. The van der Waals surface area contributed by atoms with Crippen LogP contribution in [0.5, 0.6) is 5.75 Å². The maximum Gasteiger partial charge on any atom is 0.142 e. The zero-order chi connectivity index (χ0) is 11.5. The summed E-state index contributed by atoms with van der Waals surface area (Å²) in [7, 11) is 0. The zero-order valence-corrected chi connectivity index (χ0v) is 9.44. The molecule has 1 aliphatic rings. The summed E-state index contributed by atoms with van der Waals surface area (Å²) in [6.07, 6.45) is 0.951. The molecule has 0 aromatic heterocycles. The molecule has 0 spiro atoms. The number of fused-ring (bicyclic) bond motifs is 1. The van der Waals surface area contributed by atoms with Crippen LogP contribution in [0.1, 0.15) is 13.3 Å². The van der Waals surface area contributed by atoms with Crippen LogP contribution in [0.25, 0.3) is 0 Å². The average Bonchev–Trinajstić information content (AvgIpc) is 2.50. The first-order chi connectivity index (χ1) is 7.70. The molecule has 1 atom stereocenters. The van der Waals surface area contributed by atoms with Crippen LogP contribution in [0.3, 0.4) is 0 Å². The van der Waals surface area contributed by atoms with E-state index in [0.29, 0.717) is 0 Å². The summed E-state index contributed by atoms with van der Waals surface area (Å²) >= 11 is 0. The molecule has 1 aliphatic heterocycles. The molecular weight excluding hydrogens is 202 g/mol. The first-order valence-electron chi connectivity index (χ1n) is 5.52. The van der Waals surface area contributed by atoms with Crippen LogP contribution in [-0.2, 0) is 0 Å². The van der Waals surface area contributed by atoms with Crippen LogP contribution in [0, 0.1) is 5.41 Å². The molecule has 2 rings (SSSR count). The molecule has 0 amide bonds. The molecule has 86 valence electrons. The van der Waals surface area contributed by atoms with Gasteiger partial charge in [-0.15, -0.1) is 0 Å². The summed E-state index contributed by atoms with van der Waals surface area (Å²) < 4.78 is 5.66. The smallest absolute Gasteiger partial charge is 0.142 e. The van der Waals surface area contributed by atoms with E-state index >= 15 is 0 Å². The quantitative estimate of drug-likeness (QED) is 0.586. The van der Waals surface area contributed by atoms with E-state index in [0.717, 1.165) is 31.0 Å². The number of hydrogen-bond donors (Lipinski definition) is 2. The van der Waals surface area contributed by atoms with E-state index in [9.17, 15) is 0 Å². The molecule has 1 unspecified atom stereocenters. The number of benzene rings is 1. The van der Waals surface area contributed by atoms with Gasteiger partial charge in [-0.2, -0.15) is 0 Å². The van der Waals surface area contributed by atoms with Crippen molar-refractivity contribution in [3.05, 3.63) is 24.3 Å². The molecule has 0 aliphatic carbocycles. The fourth-order valence-corrected chi connectivity index (χ4v) is 1.92. The number of nitrogens with two attached hydrogens (primary N) is 1. The second kappa shape index (κ2) is 4.43. The van der Waals surface area contributed by atoms with Crippen molar-refractivity contribution >= 4 is 11.5 Å². The molecule has 1 aromatic carbocycles. The Morgan fingerprint density at radius 3 is 3.00 bits per heavy atom. The highest BCUT2D eigenvalue weighted by Crippen LogP contribution is 2.31. The first-order valence-corrected chi connectivity index (χ1v) is 5.52. The van der Waals surface area contributed by atoms with Crippen molar-refractivity contribution in [1.29, 1.82) is 5.41 Å². The Hall–Kier alpha value is -1.71. The van der Waals surface area contributed by atoms with Crippen molar-refractivity contribution in [2.45, 2.75) is 19.4 Å². The van der Waals surface area contributed by atoms with Crippen LogP contribution < -0.4 is 15.4 Å². The van der Waals surface area contributed by atoms with Crippen molar-refractivity contribution in [3.8, 4) is 5.75 Å². The monoisotopic (exact) mass is 219 g/mol. The maximum atomic E-state index is 7.54. The molecule has 1 aromatic rings. The molecule has 4 heteroatoms. The summed E-state index contributed by atoms with van der Waals surface area (Å²) in [4.78, 5) is 2.13. The van der Waals surface area contributed by atoms with E-state index < -0.39 is 0 Å². The molecule has 0 saturated carbocycles. The van der Waals surface area contributed by atoms with Gasteiger partial charge in [-0.3, -0.25) is 5.41 Å². The number of ether oxygens (including phenoxy) is 1. The van der Waals surface area contributed by atoms with Gasteiger partial charge in [0.15, 0.2) is 0 Å². The highest BCUT2D eigenvalue weighted by molar-refractivity contribution is 5.86. The SMILES string of the molecule is CC(C(=N)N)N1CCCOc2ccccc21. The van der Waals surface area contributed by atoms with Crippen molar-refractivity contribution in [2.24, 2.45) is 5.73 Å². The Bertz CT molecular complexity index is 392. The lowest BCUT2D eigenvalue weighted by atomic mass is 10.2. The summed E-state index contributed by atoms with van der Waals surface area (Å²) in [5.74, 6) is 1.07. The van der Waals surface area contributed by atoms with Crippen LogP contribution in [0.2, 0.25) is 0 Å². The number of anilines is 1. The van der Waals surface area contributed by atoms with Crippen molar-refractivity contribution in [3.63, 3.8) is 0 Å². The number of nitrogens with one attached hydrogen (secondary N) is 1. The van der Waals surface area contributed by atoms with Gasteiger partial charge in [0.1, 0.15) is 11.6 Å². The van der Waals surface area contributed by atoms with E-state index in [1.54, 1.807) is 0 Å². The Morgan fingerprint density at radius 2 is 2.25 bits per heavy atom. The maximum absolute atomic E-state index is 7.54. The highest BCUT2D eigenvalue weighted by Gasteiger charge is 2.21. The Morgan fingerprint density at radius 1 is 1.50 bits per heavy atom. The number of hydrogen-bond acceptors (Lipinski definition) is 3. The van der Waals surface area contributed by atoms with Gasteiger partial charge in [0.25, 0.3) is 0 Å². The fraction of sp³-hybridized carbons (Fsp3) is 0.417. The molecule has 3 N–H and O–H groups in total. The largest absolute Gasteiger partial charge is 0.491 e.